The number of methoxy groups -OCH3 is 1. The molecule has 0 saturated carbocycles. The molecule has 0 atom stereocenters. The van der Waals surface area contributed by atoms with E-state index in [4.69, 9.17) is 4.74 Å². The molecule has 1 aromatic carbocycles. The van der Waals surface area contributed by atoms with E-state index in [2.05, 4.69) is 19.1 Å². The van der Waals surface area contributed by atoms with Crippen molar-refractivity contribution < 1.29 is 4.74 Å². The third-order valence-electron chi connectivity index (χ3n) is 1.54. The van der Waals surface area contributed by atoms with Crippen LogP contribution >= 0.6 is 0 Å². The van der Waals surface area contributed by atoms with E-state index >= 15 is 0 Å². The van der Waals surface area contributed by atoms with Gasteiger partial charge in [-0.1, -0.05) is 60.6 Å². The molecule has 1 aromatic rings. The summed E-state index contributed by atoms with van der Waals surface area (Å²) in [6.45, 7) is 14.1. The molecule has 16 heavy (non-hydrogen) atoms. The van der Waals surface area contributed by atoms with Crippen molar-refractivity contribution in [2.24, 2.45) is 0 Å². The molecular weight excluding hydrogens is 196 g/mol. The molecule has 1 heteroatoms. The summed E-state index contributed by atoms with van der Waals surface area (Å²) in [5.41, 5.74) is 1.32. The molecule has 0 N–H and O–H groups in total. The molecule has 0 amide bonds. The van der Waals surface area contributed by atoms with Crippen LogP contribution in [0.2, 0.25) is 0 Å². The summed E-state index contributed by atoms with van der Waals surface area (Å²) < 4.78 is 5.06. The van der Waals surface area contributed by atoms with Gasteiger partial charge in [0.2, 0.25) is 0 Å². The summed E-state index contributed by atoms with van der Waals surface area (Å²) in [7, 11) is 1.69. The van der Waals surface area contributed by atoms with Crippen LogP contribution in [0.3, 0.4) is 0 Å². The molecule has 0 aliphatic rings. The minimum absolute atomic E-state index is 0.944. The second kappa shape index (κ2) is 19.6. The predicted octanol–water partition coefficient (Wildman–Crippen LogP) is 5.34. The van der Waals surface area contributed by atoms with Gasteiger partial charge in [0.25, 0.3) is 0 Å². The topological polar surface area (TPSA) is 9.23 Å². The Morgan fingerprint density at radius 3 is 1.81 bits per heavy atom. The van der Waals surface area contributed by atoms with Gasteiger partial charge in [-0.3, -0.25) is 0 Å². The molecule has 0 spiro atoms. The van der Waals surface area contributed by atoms with Gasteiger partial charge >= 0.3 is 0 Å². The zero-order valence-corrected chi connectivity index (χ0v) is 12.4. The Morgan fingerprint density at radius 1 is 0.938 bits per heavy atom. The van der Waals surface area contributed by atoms with Crippen LogP contribution < -0.4 is 4.74 Å². The number of rotatable bonds is 2. The van der Waals surface area contributed by atoms with E-state index in [9.17, 15) is 0 Å². The highest BCUT2D eigenvalue weighted by Crippen LogP contribution is 2.12. The number of aryl methyl sites for hydroxylation is 1. The molecule has 0 aromatic heterocycles. The quantitative estimate of drug-likeness (QED) is 0.661. The molecule has 96 valence electrons. The van der Waals surface area contributed by atoms with Crippen LogP contribution in [0.1, 0.15) is 54.0 Å². The first-order chi connectivity index (χ1) is 7.86. The highest BCUT2D eigenvalue weighted by atomic mass is 16.5. The average Bonchev–Trinajstić information content (AvgIpc) is 2.45. The van der Waals surface area contributed by atoms with Crippen molar-refractivity contribution in [3.63, 3.8) is 0 Å². The fraction of sp³-hybridized carbons (Fsp3) is 0.600. The van der Waals surface area contributed by atoms with Crippen LogP contribution in [0, 0.1) is 0 Å². The number of hydrogen-bond donors (Lipinski definition) is 0. The van der Waals surface area contributed by atoms with E-state index in [1.165, 1.54) is 5.56 Å². The molecule has 0 aliphatic carbocycles. The van der Waals surface area contributed by atoms with Crippen molar-refractivity contribution in [2.75, 3.05) is 7.11 Å². The molecule has 0 aliphatic heterocycles. The van der Waals surface area contributed by atoms with Gasteiger partial charge in [-0.25, -0.2) is 0 Å². The van der Waals surface area contributed by atoms with Gasteiger partial charge in [-0.15, -0.1) is 0 Å². The van der Waals surface area contributed by atoms with E-state index in [1.807, 2.05) is 53.7 Å². The molecule has 1 nitrogen and oxygen atoms in total. The number of benzene rings is 1. The van der Waals surface area contributed by atoms with Crippen LogP contribution in [0.5, 0.6) is 5.75 Å². The average molecular weight is 226 g/mol. The molecule has 1 rings (SSSR count). The third kappa shape index (κ3) is 11.1. The first kappa shape index (κ1) is 20.4. The minimum atomic E-state index is 0.944. The smallest absolute Gasteiger partial charge is 0.119 e. The normalized spacial score (nSPS) is 7.00. The molecule has 0 radical (unpaired) electrons. The van der Waals surface area contributed by atoms with E-state index < -0.39 is 0 Å². The zero-order chi connectivity index (χ0) is 13.4. The first-order valence-corrected chi connectivity index (χ1v) is 6.49. The van der Waals surface area contributed by atoms with Crippen LogP contribution in [0.4, 0.5) is 0 Å². The molecular formula is C15H30O. The Balaban J connectivity index is -0.000000245. The maximum atomic E-state index is 5.06. The van der Waals surface area contributed by atoms with Crippen molar-refractivity contribution in [2.45, 2.75) is 54.9 Å². The van der Waals surface area contributed by atoms with Crippen molar-refractivity contribution in [3.05, 3.63) is 29.8 Å². The van der Waals surface area contributed by atoms with Gasteiger partial charge in [0.05, 0.1) is 7.11 Å². The largest absolute Gasteiger partial charge is 0.497 e. The van der Waals surface area contributed by atoms with E-state index in [1.54, 1.807) is 7.11 Å². The van der Waals surface area contributed by atoms with Gasteiger partial charge in [0.1, 0.15) is 5.75 Å². The summed E-state index contributed by atoms with van der Waals surface area (Å²) in [6.07, 6.45) is 1.07. The van der Waals surface area contributed by atoms with Gasteiger partial charge in [0.15, 0.2) is 0 Å². The fourth-order valence-corrected chi connectivity index (χ4v) is 0.892. The summed E-state index contributed by atoms with van der Waals surface area (Å²) >= 11 is 0. The first-order valence-electron chi connectivity index (χ1n) is 6.49. The predicted molar refractivity (Wildman–Crippen MR) is 76.4 cm³/mol. The Kier molecular flexibility index (Phi) is 25.0. The van der Waals surface area contributed by atoms with Crippen molar-refractivity contribution in [3.8, 4) is 5.75 Å². The van der Waals surface area contributed by atoms with E-state index in [-0.39, 0.29) is 0 Å². The van der Waals surface area contributed by atoms with E-state index in [0.29, 0.717) is 0 Å². The molecule has 0 bridgehead atoms. The summed E-state index contributed by atoms with van der Waals surface area (Å²) in [5, 5.41) is 0. The Bertz CT molecular complexity index is 187. The lowest BCUT2D eigenvalue weighted by molar-refractivity contribution is 0.414. The van der Waals surface area contributed by atoms with Crippen LogP contribution in [0.25, 0.3) is 0 Å². The van der Waals surface area contributed by atoms with Crippen LogP contribution in [0.15, 0.2) is 24.3 Å². The molecule has 0 saturated heterocycles. The van der Waals surface area contributed by atoms with Crippen molar-refractivity contribution in [1.29, 1.82) is 0 Å². The SMILES string of the molecule is CC.CC.CC.CCc1cccc(OC)c1. The lowest BCUT2D eigenvalue weighted by Gasteiger charge is -2.00. The standard InChI is InChI=1S/C9H12O.3C2H6/c1-3-8-5-4-6-9(7-8)10-2;3*1-2/h4-7H,3H2,1-2H3;3*1-2H3. The minimum Gasteiger partial charge on any atom is -0.497 e. The monoisotopic (exact) mass is 226 g/mol. The maximum absolute atomic E-state index is 5.06. The highest BCUT2D eigenvalue weighted by molar-refractivity contribution is 5.28. The van der Waals surface area contributed by atoms with Gasteiger partial charge in [-0.2, -0.15) is 0 Å². The van der Waals surface area contributed by atoms with E-state index in [0.717, 1.165) is 12.2 Å². The Hall–Kier alpha value is -0.980. The van der Waals surface area contributed by atoms with Crippen LogP contribution in [-0.4, -0.2) is 7.11 Å². The molecule has 0 unspecified atom stereocenters. The van der Waals surface area contributed by atoms with Crippen LogP contribution in [-0.2, 0) is 6.42 Å². The second-order valence-corrected chi connectivity index (χ2v) is 2.21. The van der Waals surface area contributed by atoms with Crippen molar-refractivity contribution >= 4 is 0 Å². The zero-order valence-electron chi connectivity index (χ0n) is 12.4. The maximum Gasteiger partial charge on any atom is 0.119 e. The highest BCUT2D eigenvalue weighted by Gasteiger charge is 1.90. The summed E-state index contributed by atoms with van der Waals surface area (Å²) in [6, 6.07) is 8.12. The lowest BCUT2D eigenvalue weighted by atomic mass is 10.2. The number of ether oxygens (including phenoxy) is 1. The Morgan fingerprint density at radius 2 is 1.44 bits per heavy atom. The summed E-state index contributed by atoms with van der Waals surface area (Å²) in [4.78, 5) is 0. The number of hydrogen-bond acceptors (Lipinski definition) is 1. The summed E-state index contributed by atoms with van der Waals surface area (Å²) in [5.74, 6) is 0.944. The Labute approximate surface area is 103 Å². The molecule has 0 heterocycles. The second-order valence-electron chi connectivity index (χ2n) is 2.21. The van der Waals surface area contributed by atoms with Gasteiger partial charge in [0, 0.05) is 0 Å². The molecule has 0 fully saturated rings. The van der Waals surface area contributed by atoms with Gasteiger partial charge in [-0.05, 0) is 24.1 Å². The van der Waals surface area contributed by atoms with Crippen molar-refractivity contribution in [1.82, 2.24) is 0 Å². The third-order valence-corrected chi connectivity index (χ3v) is 1.54. The fourth-order valence-electron chi connectivity index (χ4n) is 0.892. The van der Waals surface area contributed by atoms with Gasteiger partial charge < -0.3 is 4.74 Å². The lowest BCUT2D eigenvalue weighted by Crippen LogP contribution is -1.84.